The molecular formula is C22H29ClO5. The first-order chi connectivity index (χ1) is 13.0. The second kappa shape index (κ2) is 10.3. The molecule has 1 aromatic carbocycles. The highest BCUT2D eigenvalue weighted by molar-refractivity contribution is 6.33. The third-order valence-electron chi connectivity index (χ3n) is 4.24. The van der Waals surface area contributed by atoms with Crippen LogP contribution in [-0.4, -0.2) is 29.1 Å². The van der Waals surface area contributed by atoms with Crippen LogP contribution in [0.2, 0.25) is 5.02 Å². The Morgan fingerprint density at radius 3 is 2.36 bits per heavy atom. The van der Waals surface area contributed by atoms with Gasteiger partial charge >= 0.3 is 5.97 Å². The molecule has 6 heteroatoms. The number of carbonyl (C=O) groups excluding carboxylic acids is 2. The topological polar surface area (TPSA) is 83.8 Å². The summed E-state index contributed by atoms with van der Waals surface area (Å²) in [5, 5.41) is 20.4. The fourth-order valence-corrected chi connectivity index (χ4v) is 2.63. The van der Waals surface area contributed by atoms with Crippen LogP contribution in [0.1, 0.15) is 62.0 Å². The number of rotatable bonds is 8. The number of hydrogen-bond donors (Lipinski definition) is 2. The van der Waals surface area contributed by atoms with Crippen LogP contribution in [0.25, 0.3) is 0 Å². The third kappa shape index (κ3) is 6.41. The van der Waals surface area contributed by atoms with Crippen LogP contribution in [0.15, 0.2) is 23.8 Å². The van der Waals surface area contributed by atoms with Crippen LogP contribution in [-0.2, 0) is 16.0 Å². The predicted molar refractivity (Wildman–Crippen MR) is 111 cm³/mol. The number of carbonyl (C=O) groups is 2. The van der Waals surface area contributed by atoms with Gasteiger partial charge in [-0.15, -0.1) is 0 Å². The molecule has 0 heterocycles. The lowest BCUT2D eigenvalue weighted by atomic mass is 9.97. The summed E-state index contributed by atoms with van der Waals surface area (Å²) in [6.45, 7) is 9.19. The Hall–Kier alpha value is -2.27. The van der Waals surface area contributed by atoms with Crippen LogP contribution < -0.4 is 0 Å². The van der Waals surface area contributed by atoms with Crippen LogP contribution in [0, 0.1) is 12.3 Å². The fourth-order valence-electron chi connectivity index (χ4n) is 2.42. The van der Waals surface area contributed by atoms with E-state index < -0.39 is 5.41 Å². The minimum absolute atomic E-state index is 0.0756. The molecule has 28 heavy (non-hydrogen) atoms. The van der Waals surface area contributed by atoms with Gasteiger partial charge in [-0.3, -0.25) is 9.59 Å². The van der Waals surface area contributed by atoms with Gasteiger partial charge in [-0.1, -0.05) is 29.8 Å². The summed E-state index contributed by atoms with van der Waals surface area (Å²) in [5.74, 6) is -0.676. The summed E-state index contributed by atoms with van der Waals surface area (Å²) in [6.07, 6.45) is 8.01. The summed E-state index contributed by atoms with van der Waals surface area (Å²) < 4.78 is 5.25. The van der Waals surface area contributed by atoms with Crippen molar-refractivity contribution in [2.45, 2.75) is 53.9 Å². The lowest BCUT2D eigenvalue weighted by Crippen LogP contribution is -2.23. The van der Waals surface area contributed by atoms with Gasteiger partial charge in [-0.25, -0.2) is 0 Å². The summed E-state index contributed by atoms with van der Waals surface area (Å²) in [4.78, 5) is 22.9. The summed E-state index contributed by atoms with van der Waals surface area (Å²) >= 11 is 6.03. The molecule has 0 aromatic heterocycles. The van der Waals surface area contributed by atoms with Gasteiger partial charge < -0.3 is 14.9 Å². The Morgan fingerprint density at radius 2 is 1.79 bits per heavy atom. The van der Waals surface area contributed by atoms with Crippen molar-refractivity contribution in [2.75, 3.05) is 6.61 Å². The van der Waals surface area contributed by atoms with Gasteiger partial charge in [-0.2, -0.15) is 0 Å². The zero-order chi connectivity index (χ0) is 21.5. The Morgan fingerprint density at radius 1 is 1.14 bits per heavy atom. The number of aromatic hydroxyl groups is 2. The number of allylic oxidation sites excluding steroid dienone is 3. The Bertz CT molecular complexity index is 785. The first-order valence-electron chi connectivity index (χ1n) is 9.16. The number of aldehydes is 1. The van der Waals surface area contributed by atoms with E-state index in [4.69, 9.17) is 16.3 Å². The molecule has 2 N–H and O–H groups in total. The summed E-state index contributed by atoms with van der Waals surface area (Å²) in [5.41, 5.74) is 1.14. The number of halogens is 1. The highest BCUT2D eigenvalue weighted by Gasteiger charge is 2.22. The molecule has 1 rings (SSSR count). The van der Waals surface area contributed by atoms with Gasteiger partial charge in [-0.05, 0) is 65.0 Å². The maximum Gasteiger partial charge on any atom is 0.311 e. The monoisotopic (exact) mass is 408 g/mol. The van der Waals surface area contributed by atoms with Crippen molar-refractivity contribution >= 4 is 23.9 Å². The van der Waals surface area contributed by atoms with Gasteiger partial charge in [0.1, 0.15) is 18.1 Å². The first kappa shape index (κ1) is 23.8. The van der Waals surface area contributed by atoms with Crippen molar-refractivity contribution in [3.8, 4) is 11.5 Å². The van der Waals surface area contributed by atoms with Crippen molar-refractivity contribution < 1.29 is 24.5 Å². The number of phenolic OH excluding ortho intramolecular Hbond substituents is 2. The normalized spacial score (nSPS) is 12.4. The molecule has 0 saturated heterocycles. The molecule has 5 nitrogen and oxygen atoms in total. The average Bonchev–Trinajstić information content (AvgIpc) is 2.62. The number of esters is 1. The first-order valence-corrected chi connectivity index (χ1v) is 9.54. The molecule has 0 aliphatic carbocycles. The van der Waals surface area contributed by atoms with Gasteiger partial charge in [0.2, 0.25) is 0 Å². The fraction of sp³-hybridized carbons (Fsp3) is 0.455. The summed E-state index contributed by atoms with van der Waals surface area (Å²) in [7, 11) is 0. The maximum atomic E-state index is 11.7. The van der Waals surface area contributed by atoms with Crippen LogP contribution in [0.5, 0.6) is 11.5 Å². The third-order valence-corrected chi connectivity index (χ3v) is 4.71. The van der Waals surface area contributed by atoms with Crippen LogP contribution in [0.4, 0.5) is 0 Å². The Balaban J connectivity index is 2.59. The molecule has 0 spiro atoms. The van der Waals surface area contributed by atoms with Gasteiger partial charge in [0.25, 0.3) is 0 Å². The highest BCUT2D eigenvalue weighted by atomic mass is 35.5. The average molecular weight is 409 g/mol. The van der Waals surface area contributed by atoms with Gasteiger partial charge in [0, 0.05) is 5.56 Å². The SMILES string of the molecule is CC(=CCCC=CCc1c(O)c(Cl)c(C)c(C=O)c1O)COC(=O)C(C)(C)C. The predicted octanol–water partition coefficient (Wildman–Crippen LogP) is 5.29. The van der Waals surface area contributed by atoms with E-state index in [1.807, 2.05) is 39.8 Å². The van der Waals surface area contributed by atoms with E-state index in [1.54, 1.807) is 13.0 Å². The highest BCUT2D eigenvalue weighted by Crippen LogP contribution is 2.40. The Kier molecular flexibility index (Phi) is 8.76. The van der Waals surface area contributed by atoms with E-state index >= 15 is 0 Å². The molecule has 0 saturated carbocycles. The molecule has 154 valence electrons. The smallest absolute Gasteiger partial charge is 0.311 e. The lowest BCUT2D eigenvalue weighted by Gasteiger charge is -2.16. The number of phenols is 2. The number of hydrogen-bond acceptors (Lipinski definition) is 5. The number of unbranched alkanes of at least 4 members (excludes halogenated alkanes) is 1. The van der Waals surface area contributed by atoms with Gasteiger partial charge in [0.15, 0.2) is 6.29 Å². The second-order valence-electron chi connectivity index (χ2n) is 7.78. The zero-order valence-electron chi connectivity index (χ0n) is 17.1. The quantitative estimate of drug-likeness (QED) is 0.264. The van der Waals surface area contributed by atoms with E-state index in [-0.39, 0.29) is 46.6 Å². The molecule has 0 unspecified atom stereocenters. The van der Waals surface area contributed by atoms with E-state index in [1.165, 1.54) is 0 Å². The van der Waals surface area contributed by atoms with Crippen molar-refractivity contribution in [2.24, 2.45) is 5.41 Å². The van der Waals surface area contributed by atoms with E-state index in [0.717, 1.165) is 18.4 Å². The molecule has 1 aromatic rings. The zero-order valence-corrected chi connectivity index (χ0v) is 17.9. The van der Waals surface area contributed by atoms with E-state index in [0.29, 0.717) is 11.8 Å². The maximum absolute atomic E-state index is 11.7. The minimum atomic E-state index is -0.511. The molecular weight excluding hydrogens is 380 g/mol. The standard InChI is InChI=1S/C22H29ClO5/c1-14(13-28-21(27)22(3,4)5)10-8-6-7-9-11-16-19(25)17(12-24)15(2)18(23)20(16)26/h7,9-10,12,25-26H,6,8,11,13H2,1-5H3. The van der Waals surface area contributed by atoms with Crippen LogP contribution in [0.3, 0.4) is 0 Å². The molecule has 0 fully saturated rings. The number of ether oxygens (including phenoxy) is 1. The van der Waals surface area contributed by atoms with Crippen LogP contribution >= 0.6 is 11.6 Å². The Labute approximate surface area is 171 Å². The van der Waals surface area contributed by atoms with Crippen molar-refractivity contribution in [3.05, 3.63) is 45.5 Å². The molecule has 0 radical (unpaired) electrons. The molecule has 0 bridgehead atoms. The molecule has 0 aliphatic heterocycles. The van der Waals surface area contributed by atoms with Crippen molar-refractivity contribution in [1.82, 2.24) is 0 Å². The van der Waals surface area contributed by atoms with Gasteiger partial charge in [0.05, 0.1) is 16.0 Å². The van der Waals surface area contributed by atoms with Crippen molar-refractivity contribution in [1.29, 1.82) is 0 Å². The lowest BCUT2D eigenvalue weighted by molar-refractivity contribution is -0.151. The van der Waals surface area contributed by atoms with E-state index in [2.05, 4.69) is 0 Å². The molecule has 0 atom stereocenters. The summed E-state index contributed by atoms with van der Waals surface area (Å²) in [6, 6.07) is 0. The minimum Gasteiger partial charge on any atom is -0.507 e. The second-order valence-corrected chi connectivity index (χ2v) is 8.15. The molecule has 0 aliphatic rings. The molecule has 0 amide bonds. The van der Waals surface area contributed by atoms with E-state index in [9.17, 15) is 19.8 Å². The number of benzene rings is 1. The largest absolute Gasteiger partial charge is 0.507 e. The van der Waals surface area contributed by atoms with Crippen molar-refractivity contribution in [3.63, 3.8) is 0 Å².